The van der Waals surface area contributed by atoms with Gasteiger partial charge < -0.3 is 19.3 Å². The van der Waals surface area contributed by atoms with Crippen molar-refractivity contribution >= 4 is 38.5 Å². The molecule has 0 spiro atoms. The van der Waals surface area contributed by atoms with E-state index < -0.39 is 9.84 Å². The first-order valence-corrected chi connectivity index (χ1v) is 10.8. The van der Waals surface area contributed by atoms with E-state index in [2.05, 4.69) is 0 Å². The Morgan fingerprint density at radius 3 is 2.07 bits per heavy atom. The maximum Gasteiger partial charge on any atom is 0.181 e. The van der Waals surface area contributed by atoms with Gasteiger partial charge in [0.05, 0.1) is 37.8 Å². The van der Waals surface area contributed by atoms with Gasteiger partial charge in [-0.05, 0) is 48.6 Å². The highest BCUT2D eigenvalue weighted by Gasteiger charge is 2.52. The molecule has 0 unspecified atom stereocenters. The van der Waals surface area contributed by atoms with Gasteiger partial charge in [-0.2, -0.15) is 0 Å². The molecule has 0 aromatic heterocycles. The van der Waals surface area contributed by atoms with Crippen molar-refractivity contribution in [3.8, 4) is 11.5 Å². The van der Waals surface area contributed by atoms with Crippen molar-refractivity contribution in [3.05, 3.63) is 48.5 Å². The van der Waals surface area contributed by atoms with Gasteiger partial charge in [0.15, 0.2) is 14.9 Å². The van der Waals surface area contributed by atoms with Gasteiger partial charge in [0.2, 0.25) is 0 Å². The second kappa shape index (κ2) is 6.69. The Labute approximate surface area is 164 Å². The zero-order chi connectivity index (χ0) is 19.2. The van der Waals surface area contributed by atoms with Gasteiger partial charge in [0, 0.05) is 17.4 Å². The lowest BCUT2D eigenvalue weighted by atomic mass is 10.1. The lowest BCUT2D eigenvalue weighted by molar-refractivity contribution is 0.414. The quantitative estimate of drug-likeness (QED) is 0.726. The number of benzene rings is 2. The van der Waals surface area contributed by atoms with E-state index in [-0.39, 0.29) is 23.6 Å². The minimum Gasteiger partial charge on any atom is -0.497 e. The van der Waals surface area contributed by atoms with Crippen molar-refractivity contribution in [2.45, 2.75) is 12.1 Å². The van der Waals surface area contributed by atoms with E-state index in [9.17, 15) is 8.42 Å². The first-order valence-electron chi connectivity index (χ1n) is 8.54. The van der Waals surface area contributed by atoms with Crippen molar-refractivity contribution in [1.29, 1.82) is 0 Å². The molecule has 2 aromatic carbocycles. The van der Waals surface area contributed by atoms with Gasteiger partial charge >= 0.3 is 0 Å². The van der Waals surface area contributed by atoms with Gasteiger partial charge in [-0.1, -0.05) is 6.07 Å². The molecule has 0 radical (unpaired) electrons. The summed E-state index contributed by atoms with van der Waals surface area (Å²) in [6, 6.07) is 14.6. The lowest BCUT2D eigenvalue weighted by Crippen LogP contribution is -2.37. The summed E-state index contributed by atoms with van der Waals surface area (Å²) in [5, 5.41) is 0.596. The molecule has 2 aromatic rings. The molecule has 2 aliphatic heterocycles. The Bertz CT molecular complexity index is 975. The first kappa shape index (κ1) is 18.1. The fourth-order valence-corrected chi connectivity index (χ4v) is 6.21. The van der Waals surface area contributed by atoms with Crippen LogP contribution in [-0.4, -0.2) is 51.3 Å². The Hall–Kier alpha value is -2.32. The second-order valence-corrected chi connectivity index (χ2v) is 9.15. The SMILES string of the molecule is COc1ccc(N2C(=S)N(c3cccc(OC)c3)[C@H]3CS(=O)(=O)C[C@H]32)cc1. The largest absolute Gasteiger partial charge is 0.497 e. The maximum atomic E-state index is 12.4. The zero-order valence-corrected chi connectivity index (χ0v) is 16.7. The topological polar surface area (TPSA) is 59.1 Å². The Balaban J connectivity index is 1.77. The van der Waals surface area contributed by atoms with Crippen molar-refractivity contribution in [1.82, 2.24) is 0 Å². The third-order valence-electron chi connectivity index (χ3n) is 5.05. The lowest BCUT2D eigenvalue weighted by Gasteiger charge is -2.26. The molecule has 2 saturated heterocycles. The van der Waals surface area contributed by atoms with Crippen LogP contribution in [0.15, 0.2) is 48.5 Å². The van der Waals surface area contributed by atoms with Crippen LogP contribution in [0.4, 0.5) is 11.4 Å². The Kier molecular flexibility index (Phi) is 4.47. The summed E-state index contributed by atoms with van der Waals surface area (Å²) in [7, 11) is 0.0776. The summed E-state index contributed by atoms with van der Waals surface area (Å²) in [6.45, 7) is 0. The van der Waals surface area contributed by atoms with Crippen LogP contribution in [0.1, 0.15) is 0 Å². The van der Waals surface area contributed by atoms with E-state index in [1.54, 1.807) is 14.2 Å². The molecule has 6 nitrogen and oxygen atoms in total. The predicted molar refractivity (Wildman–Crippen MR) is 110 cm³/mol. The molecule has 0 saturated carbocycles. The van der Waals surface area contributed by atoms with Gasteiger partial charge in [0.1, 0.15) is 11.5 Å². The number of nitrogens with zero attached hydrogens (tertiary/aromatic N) is 2. The van der Waals surface area contributed by atoms with Crippen molar-refractivity contribution in [3.63, 3.8) is 0 Å². The van der Waals surface area contributed by atoms with E-state index in [4.69, 9.17) is 21.7 Å². The fourth-order valence-electron chi connectivity index (χ4n) is 3.81. The number of methoxy groups -OCH3 is 2. The fraction of sp³-hybridized carbons (Fsp3) is 0.316. The second-order valence-electron chi connectivity index (χ2n) is 6.63. The zero-order valence-electron chi connectivity index (χ0n) is 15.0. The normalized spacial score (nSPS) is 23.4. The maximum absolute atomic E-state index is 12.4. The molecule has 2 heterocycles. The molecular weight excluding hydrogens is 384 g/mol. The van der Waals surface area contributed by atoms with E-state index >= 15 is 0 Å². The van der Waals surface area contributed by atoms with Gasteiger partial charge in [-0.3, -0.25) is 0 Å². The highest BCUT2D eigenvalue weighted by molar-refractivity contribution is 7.91. The third-order valence-corrected chi connectivity index (χ3v) is 7.14. The van der Waals surface area contributed by atoms with Crippen LogP contribution in [-0.2, 0) is 9.84 Å². The molecule has 142 valence electrons. The van der Waals surface area contributed by atoms with E-state index in [1.165, 1.54) is 0 Å². The van der Waals surface area contributed by atoms with Crippen molar-refractivity contribution < 1.29 is 17.9 Å². The molecule has 8 heteroatoms. The number of rotatable bonds is 4. The molecule has 2 fully saturated rings. The van der Waals surface area contributed by atoms with Crippen LogP contribution >= 0.6 is 12.2 Å². The van der Waals surface area contributed by atoms with Gasteiger partial charge in [-0.25, -0.2) is 8.42 Å². The minimum atomic E-state index is -3.14. The van der Waals surface area contributed by atoms with Crippen LogP contribution in [0.5, 0.6) is 11.5 Å². The van der Waals surface area contributed by atoms with Crippen LogP contribution in [0.25, 0.3) is 0 Å². The number of anilines is 2. The highest BCUT2D eigenvalue weighted by atomic mass is 32.2. The monoisotopic (exact) mass is 404 g/mol. The van der Waals surface area contributed by atoms with Crippen LogP contribution < -0.4 is 19.3 Å². The molecule has 2 aliphatic rings. The van der Waals surface area contributed by atoms with Crippen LogP contribution in [0.3, 0.4) is 0 Å². The van der Waals surface area contributed by atoms with Gasteiger partial charge in [-0.15, -0.1) is 0 Å². The highest BCUT2D eigenvalue weighted by Crippen LogP contribution is 2.39. The van der Waals surface area contributed by atoms with Gasteiger partial charge in [0.25, 0.3) is 0 Å². The predicted octanol–water partition coefficient (Wildman–Crippen LogP) is 2.48. The molecule has 0 amide bonds. The van der Waals surface area contributed by atoms with Crippen LogP contribution in [0.2, 0.25) is 0 Å². The summed E-state index contributed by atoms with van der Waals surface area (Å²) < 4.78 is 35.3. The Morgan fingerprint density at radius 2 is 1.48 bits per heavy atom. The van der Waals surface area contributed by atoms with Crippen molar-refractivity contribution in [2.24, 2.45) is 0 Å². The number of ether oxygens (including phenoxy) is 2. The third kappa shape index (κ3) is 3.12. The van der Waals surface area contributed by atoms with E-state index in [0.29, 0.717) is 10.9 Å². The standard InChI is InChI=1S/C19H20N2O4S2/c1-24-15-8-6-13(7-9-15)20-17-11-27(22,23)12-18(17)21(19(20)26)14-4-3-5-16(10-14)25-2/h3-10,17-18H,11-12H2,1-2H3/t17-,18+/m1/s1. The number of fused-ring (bicyclic) bond motifs is 1. The molecule has 0 bridgehead atoms. The Morgan fingerprint density at radius 1 is 0.889 bits per heavy atom. The van der Waals surface area contributed by atoms with Crippen molar-refractivity contribution in [2.75, 3.05) is 35.5 Å². The number of hydrogen-bond acceptors (Lipinski definition) is 5. The summed E-state index contributed by atoms with van der Waals surface area (Å²) in [6.07, 6.45) is 0. The smallest absolute Gasteiger partial charge is 0.181 e. The molecule has 27 heavy (non-hydrogen) atoms. The molecular formula is C19H20N2O4S2. The summed E-state index contributed by atoms with van der Waals surface area (Å²) in [5.41, 5.74) is 1.70. The first-order chi connectivity index (χ1) is 12.9. The summed E-state index contributed by atoms with van der Waals surface area (Å²) >= 11 is 5.78. The summed E-state index contributed by atoms with van der Waals surface area (Å²) in [5.74, 6) is 1.62. The molecule has 0 N–H and O–H groups in total. The molecule has 2 atom stereocenters. The molecule has 0 aliphatic carbocycles. The van der Waals surface area contributed by atoms with E-state index in [1.807, 2.05) is 58.3 Å². The average molecular weight is 405 g/mol. The minimum absolute atomic E-state index is 0.0850. The van der Waals surface area contributed by atoms with E-state index in [0.717, 1.165) is 17.1 Å². The number of thiocarbonyl (C=S) groups is 1. The average Bonchev–Trinajstić information content (AvgIpc) is 3.10. The number of hydrogen-bond donors (Lipinski definition) is 0. The number of sulfone groups is 1. The molecule has 4 rings (SSSR count). The van der Waals surface area contributed by atoms with Crippen LogP contribution in [0, 0.1) is 0 Å². The summed E-state index contributed by atoms with van der Waals surface area (Å²) in [4.78, 5) is 3.89.